The Hall–Kier alpha value is -0.830. The molecule has 0 aliphatic carbocycles. The largest absolute Gasteiger partial charge is 0.347 e. The zero-order chi connectivity index (χ0) is 8.72. The van der Waals surface area contributed by atoms with Crippen molar-refractivity contribution in [3.05, 3.63) is 34.7 Å². The topological polar surface area (TPSA) is 4.93 Å². The summed E-state index contributed by atoms with van der Waals surface area (Å²) in [6.07, 6.45) is 1.85. The fourth-order valence-corrected chi connectivity index (χ4v) is 2.00. The standard InChI is InChI=1S/C9H7BrFN/c1-12-5-7(10)6-3-2-4-8(11)9(6)12/h2-5H,1H3. The molecule has 0 unspecified atom stereocenters. The first kappa shape index (κ1) is 7.80. The number of hydrogen-bond donors (Lipinski definition) is 0. The van der Waals surface area contributed by atoms with E-state index in [1.165, 1.54) is 6.07 Å². The van der Waals surface area contributed by atoms with Gasteiger partial charge in [0.1, 0.15) is 5.82 Å². The molecule has 0 fully saturated rings. The van der Waals surface area contributed by atoms with Crippen molar-refractivity contribution in [1.29, 1.82) is 0 Å². The quantitative estimate of drug-likeness (QED) is 0.652. The Morgan fingerprint density at radius 3 is 2.83 bits per heavy atom. The summed E-state index contributed by atoms with van der Waals surface area (Å²) in [4.78, 5) is 0. The van der Waals surface area contributed by atoms with Crippen molar-refractivity contribution in [1.82, 2.24) is 4.57 Å². The van der Waals surface area contributed by atoms with E-state index in [9.17, 15) is 4.39 Å². The minimum absolute atomic E-state index is 0.180. The second-order valence-corrected chi connectivity index (χ2v) is 3.58. The number of aryl methyl sites for hydroxylation is 1. The molecule has 1 aromatic heterocycles. The third kappa shape index (κ3) is 0.966. The maximum absolute atomic E-state index is 13.2. The summed E-state index contributed by atoms with van der Waals surface area (Å²) in [5.74, 6) is -0.180. The lowest BCUT2D eigenvalue weighted by Gasteiger charge is -1.95. The van der Waals surface area contributed by atoms with Crippen LogP contribution in [-0.2, 0) is 7.05 Å². The van der Waals surface area contributed by atoms with Gasteiger partial charge < -0.3 is 4.57 Å². The highest BCUT2D eigenvalue weighted by molar-refractivity contribution is 9.10. The SMILES string of the molecule is Cn1cc(Br)c2cccc(F)c21. The van der Waals surface area contributed by atoms with Crippen molar-refractivity contribution in [3.63, 3.8) is 0 Å². The minimum Gasteiger partial charge on any atom is -0.347 e. The van der Waals surface area contributed by atoms with E-state index in [1.807, 2.05) is 19.3 Å². The molecule has 0 bridgehead atoms. The first-order valence-corrected chi connectivity index (χ1v) is 4.38. The molecule has 0 saturated heterocycles. The van der Waals surface area contributed by atoms with Crippen LogP contribution in [0.5, 0.6) is 0 Å². The van der Waals surface area contributed by atoms with E-state index >= 15 is 0 Å². The fourth-order valence-electron chi connectivity index (χ4n) is 1.37. The normalized spacial score (nSPS) is 10.9. The summed E-state index contributed by atoms with van der Waals surface area (Å²) in [6, 6.07) is 5.07. The van der Waals surface area contributed by atoms with E-state index in [0.717, 1.165) is 9.86 Å². The highest BCUT2D eigenvalue weighted by atomic mass is 79.9. The van der Waals surface area contributed by atoms with E-state index in [4.69, 9.17) is 0 Å². The van der Waals surface area contributed by atoms with E-state index in [2.05, 4.69) is 15.9 Å². The van der Waals surface area contributed by atoms with Gasteiger partial charge in [-0.2, -0.15) is 0 Å². The Bertz CT molecular complexity index is 433. The molecule has 0 N–H and O–H groups in total. The number of nitrogens with zero attached hydrogens (tertiary/aromatic N) is 1. The smallest absolute Gasteiger partial charge is 0.147 e. The predicted molar refractivity (Wildman–Crippen MR) is 50.6 cm³/mol. The Labute approximate surface area is 77.9 Å². The second kappa shape index (κ2) is 2.59. The summed E-state index contributed by atoms with van der Waals surface area (Å²) in [6.45, 7) is 0. The van der Waals surface area contributed by atoms with Crippen LogP contribution in [0, 0.1) is 5.82 Å². The van der Waals surface area contributed by atoms with Crippen LogP contribution in [0.3, 0.4) is 0 Å². The maximum Gasteiger partial charge on any atom is 0.147 e. The van der Waals surface area contributed by atoms with Crippen LogP contribution in [0.2, 0.25) is 0 Å². The number of rotatable bonds is 0. The molecule has 0 aliphatic rings. The van der Waals surface area contributed by atoms with Gasteiger partial charge in [0.2, 0.25) is 0 Å². The molecular weight excluding hydrogens is 221 g/mol. The molecule has 2 rings (SSSR count). The molecular formula is C9H7BrFN. The molecule has 1 nitrogen and oxygen atoms in total. The van der Waals surface area contributed by atoms with Crippen LogP contribution in [-0.4, -0.2) is 4.57 Å². The van der Waals surface area contributed by atoms with Gasteiger partial charge in [-0.05, 0) is 22.0 Å². The monoisotopic (exact) mass is 227 g/mol. The number of aromatic nitrogens is 1. The molecule has 62 valence electrons. The lowest BCUT2D eigenvalue weighted by atomic mass is 10.2. The molecule has 1 aromatic carbocycles. The van der Waals surface area contributed by atoms with Crippen molar-refractivity contribution < 1.29 is 4.39 Å². The van der Waals surface area contributed by atoms with Gasteiger partial charge in [-0.15, -0.1) is 0 Å². The van der Waals surface area contributed by atoms with Gasteiger partial charge in [0.15, 0.2) is 0 Å². The van der Waals surface area contributed by atoms with Gasteiger partial charge >= 0.3 is 0 Å². The highest BCUT2D eigenvalue weighted by Gasteiger charge is 2.06. The zero-order valence-corrected chi connectivity index (χ0v) is 8.10. The van der Waals surface area contributed by atoms with Crippen molar-refractivity contribution in [2.75, 3.05) is 0 Å². The fraction of sp³-hybridized carbons (Fsp3) is 0.111. The number of para-hydroxylation sites is 1. The van der Waals surface area contributed by atoms with Crippen LogP contribution in [0.4, 0.5) is 4.39 Å². The van der Waals surface area contributed by atoms with Crippen molar-refractivity contribution in [2.45, 2.75) is 0 Å². The molecule has 0 amide bonds. The van der Waals surface area contributed by atoms with E-state index < -0.39 is 0 Å². The Balaban J connectivity index is 2.99. The van der Waals surface area contributed by atoms with Crippen molar-refractivity contribution >= 4 is 26.8 Å². The molecule has 2 aromatic rings. The number of benzene rings is 1. The van der Waals surface area contributed by atoms with Crippen molar-refractivity contribution in [3.8, 4) is 0 Å². The maximum atomic E-state index is 13.2. The molecule has 0 aliphatic heterocycles. The lowest BCUT2D eigenvalue weighted by Crippen LogP contribution is -1.86. The molecule has 0 saturated carbocycles. The number of halogens is 2. The van der Waals surface area contributed by atoms with E-state index in [1.54, 1.807) is 10.6 Å². The predicted octanol–water partition coefficient (Wildman–Crippen LogP) is 3.08. The average molecular weight is 228 g/mol. The van der Waals surface area contributed by atoms with Crippen LogP contribution in [0.1, 0.15) is 0 Å². The van der Waals surface area contributed by atoms with Gasteiger partial charge in [0, 0.05) is 23.1 Å². The molecule has 0 atom stereocenters. The third-order valence-electron chi connectivity index (χ3n) is 1.90. The van der Waals surface area contributed by atoms with Crippen molar-refractivity contribution in [2.24, 2.45) is 7.05 Å². The highest BCUT2D eigenvalue weighted by Crippen LogP contribution is 2.26. The minimum atomic E-state index is -0.180. The molecule has 0 spiro atoms. The molecule has 1 heterocycles. The summed E-state index contributed by atoms with van der Waals surface area (Å²) in [7, 11) is 1.83. The van der Waals surface area contributed by atoms with Crippen LogP contribution in [0.25, 0.3) is 10.9 Å². The summed E-state index contributed by atoms with van der Waals surface area (Å²) < 4.78 is 15.9. The lowest BCUT2D eigenvalue weighted by molar-refractivity contribution is 0.632. The Morgan fingerprint density at radius 2 is 2.17 bits per heavy atom. The third-order valence-corrected chi connectivity index (χ3v) is 2.54. The zero-order valence-electron chi connectivity index (χ0n) is 6.51. The first-order chi connectivity index (χ1) is 5.70. The summed E-state index contributed by atoms with van der Waals surface area (Å²) in [5.41, 5.74) is 0.643. The van der Waals surface area contributed by atoms with Gasteiger partial charge in [-0.25, -0.2) is 4.39 Å². The first-order valence-electron chi connectivity index (χ1n) is 3.59. The second-order valence-electron chi connectivity index (χ2n) is 2.72. The van der Waals surface area contributed by atoms with E-state index in [0.29, 0.717) is 5.52 Å². The van der Waals surface area contributed by atoms with Gasteiger partial charge in [-0.1, -0.05) is 12.1 Å². The van der Waals surface area contributed by atoms with Gasteiger partial charge in [0.25, 0.3) is 0 Å². The van der Waals surface area contributed by atoms with E-state index in [-0.39, 0.29) is 5.82 Å². The van der Waals surface area contributed by atoms with Crippen LogP contribution >= 0.6 is 15.9 Å². The summed E-state index contributed by atoms with van der Waals surface area (Å²) >= 11 is 3.36. The Morgan fingerprint density at radius 1 is 1.42 bits per heavy atom. The van der Waals surface area contributed by atoms with Crippen LogP contribution < -0.4 is 0 Å². The average Bonchev–Trinajstić information content (AvgIpc) is 2.29. The summed E-state index contributed by atoms with van der Waals surface area (Å²) in [5, 5.41) is 0.914. The number of fused-ring (bicyclic) bond motifs is 1. The molecule has 3 heteroatoms. The molecule has 0 radical (unpaired) electrons. The molecule has 12 heavy (non-hydrogen) atoms. The Kier molecular flexibility index (Phi) is 1.68. The van der Waals surface area contributed by atoms with Gasteiger partial charge in [-0.3, -0.25) is 0 Å². The van der Waals surface area contributed by atoms with Crippen LogP contribution in [0.15, 0.2) is 28.9 Å². The number of hydrogen-bond acceptors (Lipinski definition) is 0. The van der Waals surface area contributed by atoms with Gasteiger partial charge in [0.05, 0.1) is 5.52 Å².